The smallest absolute Gasteiger partial charge is 0.404 e. The number of carbonyl (C=O) groups is 3. The van der Waals surface area contributed by atoms with Gasteiger partial charge < -0.3 is 25.9 Å². The number of benzene rings is 1. The van der Waals surface area contributed by atoms with E-state index < -0.39 is 12.0 Å². The van der Waals surface area contributed by atoms with Crippen LogP contribution in [-0.4, -0.2) is 29.1 Å². The van der Waals surface area contributed by atoms with Gasteiger partial charge in [0.15, 0.2) is 0 Å². The molecule has 168 valence electrons. The molecule has 1 saturated carbocycles. The number of carboxylic acid groups (broad SMARTS) is 1. The predicted molar refractivity (Wildman–Crippen MR) is 121 cm³/mol. The molecule has 1 heterocycles. The second-order valence-electron chi connectivity index (χ2n) is 9.21. The summed E-state index contributed by atoms with van der Waals surface area (Å²) in [5.74, 6) is -1.10. The van der Waals surface area contributed by atoms with Crippen molar-refractivity contribution in [3.63, 3.8) is 0 Å². The number of amides is 3. The van der Waals surface area contributed by atoms with Gasteiger partial charge in [0, 0.05) is 21.8 Å². The molecular weight excluding hydrogens is 466 g/mol. The van der Waals surface area contributed by atoms with Crippen LogP contribution in [0.15, 0.2) is 27.1 Å². The normalized spacial score (nSPS) is 20.3. The van der Waals surface area contributed by atoms with Crippen LogP contribution in [0.4, 0.5) is 10.5 Å². The van der Waals surface area contributed by atoms with E-state index in [-0.39, 0.29) is 40.6 Å². The average molecular weight is 494 g/mol. The van der Waals surface area contributed by atoms with E-state index in [0.717, 1.165) is 17.3 Å². The number of hydrogen-bond donors (Lipinski definition) is 4. The number of rotatable bonds is 5. The van der Waals surface area contributed by atoms with Gasteiger partial charge in [0.2, 0.25) is 11.7 Å². The molecule has 5 N–H and O–H groups in total. The van der Waals surface area contributed by atoms with Crippen LogP contribution < -0.4 is 16.4 Å². The van der Waals surface area contributed by atoms with Crippen molar-refractivity contribution in [2.45, 2.75) is 52.5 Å². The molecule has 1 aromatic carbocycles. The maximum absolute atomic E-state index is 13.0. The third-order valence-corrected chi connectivity index (χ3v) is 6.44. The van der Waals surface area contributed by atoms with E-state index in [1.165, 1.54) is 0 Å². The Morgan fingerprint density at radius 3 is 2.39 bits per heavy atom. The number of primary amides is 1. The van der Waals surface area contributed by atoms with E-state index in [0.29, 0.717) is 23.8 Å². The topological polar surface area (TPSA) is 135 Å². The molecule has 1 aliphatic rings. The Bertz CT molecular complexity index is 1000. The van der Waals surface area contributed by atoms with Crippen LogP contribution in [0.25, 0.3) is 11.0 Å². The van der Waals surface area contributed by atoms with Crippen molar-refractivity contribution in [1.29, 1.82) is 0 Å². The maximum atomic E-state index is 13.0. The third-order valence-electron chi connectivity index (χ3n) is 5.95. The number of carbonyl (C=O) groups excluding carboxylic acids is 2. The van der Waals surface area contributed by atoms with Gasteiger partial charge in [-0.15, -0.1) is 0 Å². The molecule has 1 atom stereocenters. The summed E-state index contributed by atoms with van der Waals surface area (Å²) in [7, 11) is 0. The molecule has 1 aliphatic carbocycles. The van der Waals surface area contributed by atoms with Crippen molar-refractivity contribution in [2.75, 3.05) is 5.32 Å². The monoisotopic (exact) mass is 493 g/mol. The lowest BCUT2D eigenvalue weighted by Gasteiger charge is -2.40. The van der Waals surface area contributed by atoms with Gasteiger partial charge in [-0.2, -0.15) is 0 Å². The lowest BCUT2D eigenvalue weighted by molar-refractivity contribution is -0.121. The highest BCUT2D eigenvalue weighted by molar-refractivity contribution is 9.10. The molecule has 1 unspecified atom stereocenters. The van der Waals surface area contributed by atoms with Crippen LogP contribution >= 0.6 is 15.9 Å². The zero-order chi connectivity index (χ0) is 22.9. The Kier molecular flexibility index (Phi) is 6.64. The molecule has 3 rings (SSSR count). The lowest BCUT2D eigenvalue weighted by atomic mass is 9.70. The van der Waals surface area contributed by atoms with E-state index in [4.69, 9.17) is 10.2 Å². The second-order valence-corrected chi connectivity index (χ2v) is 10.1. The van der Waals surface area contributed by atoms with Gasteiger partial charge in [-0.05, 0) is 55.2 Å². The molecule has 1 aromatic heterocycles. The highest BCUT2D eigenvalue weighted by atomic mass is 79.9. The Morgan fingerprint density at radius 2 is 1.84 bits per heavy atom. The van der Waals surface area contributed by atoms with Gasteiger partial charge in [0.25, 0.3) is 5.91 Å². The number of nitrogens with two attached hydrogens (primary N) is 1. The SMILES string of the molecule is CC(C)(C)C(NC(=O)O)C1CCC(C(=O)Nc2c(C(N)=O)oc3ccc(Br)cc23)CC1. The van der Waals surface area contributed by atoms with Crippen LogP contribution in [0.3, 0.4) is 0 Å². The van der Waals surface area contributed by atoms with Crippen molar-refractivity contribution in [1.82, 2.24) is 5.32 Å². The largest absolute Gasteiger partial charge is 0.465 e. The minimum absolute atomic E-state index is 0.0754. The number of fused-ring (bicyclic) bond motifs is 1. The zero-order valence-electron chi connectivity index (χ0n) is 17.8. The third kappa shape index (κ3) is 5.20. The fraction of sp³-hybridized carbons (Fsp3) is 0.500. The first-order valence-electron chi connectivity index (χ1n) is 10.3. The molecule has 3 amide bonds. The van der Waals surface area contributed by atoms with Crippen molar-refractivity contribution in [3.05, 3.63) is 28.4 Å². The Morgan fingerprint density at radius 1 is 1.19 bits per heavy atom. The van der Waals surface area contributed by atoms with Crippen LogP contribution in [0.5, 0.6) is 0 Å². The summed E-state index contributed by atoms with van der Waals surface area (Å²) in [6.07, 6.45) is 1.71. The summed E-state index contributed by atoms with van der Waals surface area (Å²) in [4.78, 5) is 36.1. The molecule has 0 saturated heterocycles. The molecule has 8 nitrogen and oxygen atoms in total. The molecule has 2 aromatic rings. The van der Waals surface area contributed by atoms with Crippen LogP contribution in [0.2, 0.25) is 0 Å². The van der Waals surface area contributed by atoms with Crippen LogP contribution in [0, 0.1) is 17.3 Å². The van der Waals surface area contributed by atoms with Crippen molar-refractivity contribution < 1.29 is 23.9 Å². The molecule has 0 spiro atoms. The number of hydrogen-bond acceptors (Lipinski definition) is 4. The van der Waals surface area contributed by atoms with Gasteiger partial charge in [0.1, 0.15) is 11.3 Å². The first-order chi connectivity index (χ1) is 14.5. The molecule has 31 heavy (non-hydrogen) atoms. The average Bonchev–Trinajstić information content (AvgIpc) is 3.03. The summed E-state index contributed by atoms with van der Waals surface area (Å²) >= 11 is 3.39. The standard InChI is InChI=1S/C22H28BrN3O5/c1-22(2,3)18(26-21(29)30)11-4-6-12(7-5-11)20(28)25-16-14-10-13(23)8-9-15(14)31-17(16)19(24)27/h8-12,18,26H,4-7H2,1-3H3,(H2,24,27)(H,25,28)(H,29,30). The maximum Gasteiger partial charge on any atom is 0.404 e. The quantitative estimate of drug-likeness (QED) is 0.477. The van der Waals surface area contributed by atoms with Gasteiger partial charge in [-0.3, -0.25) is 9.59 Å². The summed E-state index contributed by atoms with van der Waals surface area (Å²) in [6, 6.07) is 5.06. The summed E-state index contributed by atoms with van der Waals surface area (Å²) in [6.45, 7) is 6.04. The fourth-order valence-electron chi connectivity index (χ4n) is 4.48. The lowest BCUT2D eigenvalue weighted by Crippen LogP contribution is -2.49. The molecule has 0 bridgehead atoms. The summed E-state index contributed by atoms with van der Waals surface area (Å²) in [5, 5.41) is 15.3. The number of halogens is 1. The minimum Gasteiger partial charge on any atom is -0.465 e. The summed E-state index contributed by atoms with van der Waals surface area (Å²) < 4.78 is 6.34. The fourth-order valence-corrected chi connectivity index (χ4v) is 4.84. The van der Waals surface area contributed by atoms with E-state index in [1.54, 1.807) is 18.2 Å². The van der Waals surface area contributed by atoms with E-state index in [2.05, 4.69) is 26.6 Å². The molecule has 1 fully saturated rings. The highest BCUT2D eigenvalue weighted by Crippen LogP contribution is 2.38. The number of anilines is 1. The Hall–Kier alpha value is -2.55. The Balaban J connectivity index is 1.73. The molecule has 0 aliphatic heterocycles. The van der Waals surface area contributed by atoms with Crippen molar-refractivity contribution >= 4 is 50.5 Å². The van der Waals surface area contributed by atoms with Gasteiger partial charge in [-0.25, -0.2) is 4.79 Å². The van der Waals surface area contributed by atoms with Gasteiger partial charge >= 0.3 is 6.09 Å². The summed E-state index contributed by atoms with van der Waals surface area (Å²) in [5.41, 5.74) is 5.98. The predicted octanol–water partition coefficient (Wildman–Crippen LogP) is 4.72. The van der Waals surface area contributed by atoms with Crippen molar-refractivity contribution in [2.24, 2.45) is 23.0 Å². The van der Waals surface area contributed by atoms with Crippen LogP contribution in [0.1, 0.15) is 57.0 Å². The molecule has 9 heteroatoms. The van der Waals surface area contributed by atoms with Gasteiger partial charge in [0.05, 0.1) is 0 Å². The molecular formula is C22H28BrN3O5. The molecule has 0 radical (unpaired) electrons. The number of furan rings is 1. The second kappa shape index (κ2) is 8.90. The van der Waals surface area contributed by atoms with Crippen LogP contribution in [-0.2, 0) is 4.79 Å². The first-order valence-corrected chi connectivity index (χ1v) is 11.1. The number of nitrogens with one attached hydrogen (secondary N) is 2. The van der Waals surface area contributed by atoms with Gasteiger partial charge in [-0.1, -0.05) is 36.7 Å². The van der Waals surface area contributed by atoms with E-state index in [9.17, 15) is 19.5 Å². The zero-order valence-corrected chi connectivity index (χ0v) is 19.4. The highest BCUT2D eigenvalue weighted by Gasteiger charge is 2.37. The first kappa shape index (κ1) is 23.1. The Labute approximate surface area is 189 Å². The van der Waals surface area contributed by atoms with E-state index >= 15 is 0 Å². The van der Waals surface area contributed by atoms with Crippen molar-refractivity contribution in [3.8, 4) is 0 Å². The minimum atomic E-state index is -1.03. The van der Waals surface area contributed by atoms with E-state index in [1.807, 2.05) is 20.8 Å².